The molecule has 90 valence electrons. The molecular weight excluding hydrogens is 236 g/mol. The number of nitrogens with zero attached hydrogens (tertiary/aromatic N) is 3. The minimum Gasteiger partial charge on any atom is -0.494 e. The third-order valence-electron chi connectivity index (χ3n) is 2.43. The van der Waals surface area contributed by atoms with E-state index in [2.05, 4.69) is 15.2 Å². The van der Waals surface area contributed by atoms with Gasteiger partial charge in [-0.3, -0.25) is 4.98 Å². The van der Waals surface area contributed by atoms with Crippen molar-refractivity contribution in [1.29, 1.82) is 0 Å². The predicted molar refractivity (Wildman–Crippen MR) is 66.9 cm³/mol. The van der Waals surface area contributed by atoms with Crippen molar-refractivity contribution in [2.24, 2.45) is 5.73 Å². The number of aromatic nitrogens is 3. The fraction of sp³-hybridized carbons (Fsp3) is 0.364. The van der Waals surface area contributed by atoms with Crippen LogP contribution >= 0.6 is 11.3 Å². The Bertz CT molecular complexity index is 500. The molecular formula is C11H14N4OS. The van der Waals surface area contributed by atoms with Gasteiger partial charge in [-0.05, 0) is 12.5 Å². The van der Waals surface area contributed by atoms with Gasteiger partial charge >= 0.3 is 0 Å². The van der Waals surface area contributed by atoms with Crippen LogP contribution in [0.25, 0.3) is 10.6 Å². The lowest BCUT2D eigenvalue weighted by Crippen LogP contribution is -2.07. The van der Waals surface area contributed by atoms with Crippen LogP contribution in [0.15, 0.2) is 18.5 Å². The van der Waals surface area contributed by atoms with Gasteiger partial charge in [0, 0.05) is 6.20 Å². The van der Waals surface area contributed by atoms with E-state index in [9.17, 15) is 0 Å². The number of hydrogen-bond acceptors (Lipinski definition) is 6. The molecule has 2 N–H and O–H groups in total. The van der Waals surface area contributed by atoms with Crippen molar-refractivity contribution in [3.05, 3.63) is 23.5 Å². The molecule has 6 heteroatoms. The minimum atomic E-state index is -0.0471. The Balaban J connectivity index is 2.37. The standard InChI is InChI=1S/C11H14N4OS/c1-3-8(12)11-15-14-10(17-11)7-4-5-13-6-9(7)16-2/h4-6,8H,3,12H2,1-2H3. The maximum Gasteiger partial charge on any atom is 0.151 e. The molecule has 0 radical (unpaired) electrons. The van der Waals surface area contributed by atoms with Gasteiger partial charge in [-0.15, -0.1) is 10.2 Å². The maximum absolute atomic E-state index is 5.92. The van der Waals surface area contributed by atoms with E-state index in [1.807, 2.05) is 13.0 Å². The van der Waals surface area contributed by atoms with Crippen LogP contribution in [0.4, 0.5) is 0 Å². The molecule has 0 saturated heterocycles. The Morgan fingerprint density at radius 1 is 1.47 bits per heavy atom. The number of rotatable bonds is 4. The quantitative estimate of drug-likeness (QED) is 0.898. The van der Waals surface area contributed by atoms with Gasteiger partial charge < -0.3 is 10.5 Å². The fourth-order valence-electron chi connectivity index (χ4n) is 1.39. The first-order valence-corrected chi connectivity index (χ1v) is 6.15. The third kappa shape index (κ3) is 2.42. The topological polar surface area (TPSA) is 73.9 Å². The van der Waals surface area contributed by atoms with Gasteiger partial charge in [-0.2, -0.15) is 0 Å². The van der Waals surface area contributed by atoms with Crippen molar-refractivity contribution in [2.45, 2.75) is 19.4 Å². The van der Waals surface area contributed by atoms with Crippen LogP contribution in [-0.2, 0) is 0 Å². The van der Waals surface area contributed by atoms with Crippen LogP contribution in [0.3, 0.4) is 0 Å². The third-order valence-corrected chi connectivity index (χ3v) is 3.52. The Morgan fingerprint density at radius 3 is 3.00 bits per heavy atom. The van der Waals surface area contributed by atoms with Crippen LogP contribution in [0.2, 0.25) is 0 Å². The summed E-state index contributed by atoms with van der Waals surface area (Å²) in [6.07, 6.45) is 4.22. The van der Waals surface area contributed by atoms with E-state index in [1.54, 1.807) is 19.5 Å². The summed E-state index contributed by atoms with van der Waals surface area (Å²) in [5.41, 5.74) is 6.82. The normalized spacial score (nSPS) is 12.4. The molecule has 2 heterocycles. The number of pyridine rings is 1. The molecule has 17 heavy (non-hydrogen) atoms. The average molecular weight is 250 g/mol. The molecule has 0 aliphatic carbocycles. The molecule has 2 rings (SSSR count). The van der Waals surface area contributed by atoms with E-state index in [4.69, 9.17) is 10.5 Å². The largest absolute Gasteiger partial charge is 0.494 e. The molecule has 0 aliphatic rings. The van der Waals surface area contributed by atoms with Gasteiger partial charge in [0.1, 0.15) is 10.8 Å². The summed E-state index contributed by atoms with van der Waals surface area (Å²) in [4.78, 5) is 4.01. The van der Waals surface area contributed by atoms with Gasteiger partial charge in [-0.25, -0.2) is 0 Å². The molecule has 0 fully saturated rings. The first-order valence-electron chi connectivity index (χ1n) is 5.33. The second-order valence-corrected chi connectivity index (χ2v) is 4.55. The molecule has 2 aromatic rings. The Labute approximate surface area is 104 Å². The zero-order valence-electron chi connectivity index (χ0n) is 9.75. The molecule has 0 bridgehead atoms. The van der Waals surface area contributed by atoms with Gasteiger partial charge in [0.15, 0.2) is 5.01 Å². The van der Waals surface area contributed by atoms with Crippen LogP contribution in [0.5, 0.6) is 5.75 Å². The summed E-state index contributed by atoms with van der Waals surface area (Å²) in [7, 11) is 1.61. The molecule has 0 saturated carbocycles. The zero-order chi connectivity index (χ0) is 12.3. The highest BCUT2D eigenvalue weighted by atomic mass is 32.1. The van der Waals surface area contributed by atoms with Crippen molar-refractivity contribution < 1.29 is 4.74 Å². The van der Waals surface area contributed by atoms with Crippen molar-refractivity contribution in [1.82, 2.24) is 15.2 Å². The molecule has 1 unspecified atom stereocenters. The molecule has 0 spiro atoms. The van der Waals surface area contributed by atoms with E-state index in [-0.39, 0.29) is 6.04 Å². The van der Waals surface area contributed by atoms with E-state index in [0.717, 1.165) is 22.0 Å². The van der Waals surface area contributed by atoms with E-state index in [0.29, 0.717) is 5.75 Å². The highest BCUT2D eigenvalue weighted by molar-refractivity contribution is 7.14. The Hall–Kier alpha value is -1.53. The SMILES string of the molecule is CCC(N)c1nnc(-c2ccncc2OC)s1. The summed E-state index contributed by atoms with van der Waals surface area (Å²) in [6, 6.07) is 1.81. The summed E-state index contributed by atoms with van der Waals surface area (Å²) in [5, 5.41) is 9.91. The van der Waals surface area contributed by atoms with Gasteiger partial charge in [-0.1, -0.05) is 18.3 Å². The summed E-state index contributed by atoms with van der Waals surface area (Å²) in [5.74, 6) is 0.695. The molecule has 0 amide bonds. The molecule has 0 aliphatic heterocycles. The van der Waals surface area contributed by atoms with Gasteiger partial charge in [0.2, 0.25) is 0 Å². The van der Waals surface area contributed by atoms with Crippen molar-refractivity contribution in [3.8, 4) is 16.3 Å². The molecule has 0 aromatic carbocycles. The van der Waals surface area contributed by atoms with Crippen molar-refractivity contribution >= 4 is 11.3 Å². The highest BCUT2D eigenvalue weighted by Gasteiger charge is 2.14. The molecule has 2 aromatic heterocycles. The number of ether oxygens (including phenoxy) is 1. The number of methoxy groups -OCH3 is 1. The maximum atomic E-state index is 5.92. The second kappa shape index (κ2) is 5.20. The smallest absolute Gasteiger partial charge is 0.151 e. The second-order valence-electron chi connectivity index (χ2n) is 3.54. The lowest BCUT2D eigenvalue weighted by atomic mass is 10.2. The van der Waals surface area contributed by atoms with Crippen LogP contribution < -0.4 is 10.5 Å². The van der Waals surface area contributed by atoms with Crippen LogP contribution in [0.1, 0.15) is 24.4 Å². The van der Waals surface area contributed by atoms with Crippen molar-refractivity contribution in [2.75, 3.05) is 7.11 Å². The first kappa shape index (κ1) is 11.9. The van der Waals surface area contributed by atoms with E-state index in [1.165, 1.54) is 11.3 Å². The van der Waals surface area contributed by atoms with Gasteiger partial charge in [0.05, 0.1) is 24.9 Å². The molecule has 1 atom stereocenters. The van der Waals surface area contributed by atoms with E-state index >= 15 is 0 Å². The van der Waals surface area contributed by atoms with E-state index < -0.39 is 0 Å². The van der Waals surface area contributed by atoms with Gasteiger partial charge in [0.25, 0.3) is 0 Å². The number of nitrogens with two attached hydrogens (primary N) is 1. The average Bonchev–Trinajstić information content (AvgIpc) is 2.87. The van der Waals surface area contributed by atoms with Crippen LogP contribution in [-0.4, -0.2) is 22.3 Å². The lowest BCUT2D eigenvalue weighted by Gasteiger charge is -2.03. The Morgan fingerprint density at radius 2 is 2.29 bits per heavy atom. The predicted octanol–water partition coefficient (Wildman–Crippen LogP) is 2.02. The number of hydrogen-bond donors (Lipinski definition) is 1. The Kier molecular flexibility index (Phi) is 3.65. The summed E-state index contributed by atoms with van der Waals surface area (Å²) >= 11 is 1.49. The summed E-state index contributed by atoms with van der Waals surface area (Å²) < 4.78 is 5.24. The lowest BCUT2D eigenvalue weighted by molar-refractivity contribution is 0.414. The zero-order valence-corrected chi connectivity index (χ0v) is 10.6. The molecule has 5 nitrogen and oxygen atoms in total. The van der Waals surface area contributed by atoms with Crippen LogP contribution in [0, 0.1) is 0 Å². The fourth-order valence-corrected chi connectivity index (χ4v) is 2.35. The monoisotopic (exact) mass is 250 g/mol. The van der Waals surface area contributed by atoms with Crippen molar-refractivity contribution in [3.63, 3.8) is 0 Å². The minimum absolute atomic E-state index is 0.0471. The summed E-state index contributed by atoms with van der Waals surface area (Å²) in [6.45, 7) is 2.03. The highest BCUT2D eigenvalue weighted by Crippen LogP contribution is 2.32. The first-order chi connectivity index (χ1) is 8.26.